The zero-order chi connectivity index (χ0) is 16.3. The molecular formula is C18H27N3O. The lowest BCUT2D eigenvalue weighted by atomic mass is 9.95. The first-order valence-electron chi connectivity index (χ1n) is 8.10. The number of imidazole rings is 1. The van der Waals surface area contributed by atoms with Crippen LogP contribution in [0.2, 0.25) is 0 Å². The fourth-order valence-electron chi connectivity index (χ4n) is 2.45. The van der Waals surface area contributed by atoms with Gasteiger partial charge in [0.15, 0.2) is 0 Å². The van der Waals surface area contributed by atoms with Crippen LogP contribution in [0.3, 0.4) is 0 Å². The van der Waals surface area contributed by atoms with Crippen molar-refractivity contribution in [2.45, 2.75) is 60.0 Å². The fourth-order valence-corrected chi connectivity index (χ4v) is 2.45. The molecule has 0 bridgehead atoms. The molecule has 2 aromatic rings. The summed E-state index contributed by atoms with van der Waals surface area (Å²) in [5, 5.41) is 3.09. The minimum atomic E-state index is -0.394. The second-order valence-corrected chi connectivity index (χ2v) is 6.91. The van der Waals surface area contributed by atoms with Gasteiger partial charge in [-0.05, 0) is 25.5 Å². The zero-order valence-corrected chi connectivity index (χ0v) is 14.3. The molecule has 0 radical (unpaired) electrons. The van der Waals surface area contributed by atoms with Crippen LogP contribution in [0, 0.1) is 5.41 Å². The molecule has 1 amide bonds. The Morgan fingerprint density at radius 2 is 2.00 bits per heavy atom. The van der Waals surface area contributed by atoms with Gasteiger partial charge in [0.2, 0.25) is 5.91 Å². The Labute approximate surface area is 132 Å². The number of aromatic nitrogens is 2. The average molecular weight is 301 g/mol. The lowest BCUT2D eigenvalue weighted by molar-refractivity contribution is -0.129. The highest BCUT2D eigenvalue weighted by Crippen LogP contribution is 2.23. The molecule has 0 aliphatic rings. The fraction of sp³-hybridized carbons (Fsp3) is 0.556. The second kappa shape index (κ2) is 6.51. The molecule has 120 valence electrons. The maximum Gasteiger partial charge on any atom is 0.225 e. The predicted octanol–water partition coefficient (Wildman–Crippen LogP) is 4.06. The third-order valence-corrected chi connectivity index (χ3v) is 3.84. The first kappa shape index (κ1) is 16.5. The van der Waals surface area contributed by atoms with Gasteiger partial charge in [0.25, 0.3) is 0 Å². The summed E-state index contributed by atoms with van der Waals surface area (Å²) in [6, 6.07) is 8.06. The van der Waals surface area contributed by atoms with Crippen LogP contribution in [0.25, 0.3) is 11.0 Å². The van der Waals surface area contributed by atoms with Crippen LogP contribution in [-0.2, 0) is 11.3 Å². The van der Waals surface area contributed by atoms with E-state index in [2.05, 4.69) is 22.9 Å². The normalized spacial score (nSPS) is 13.3. The molecule has 0 spiro atoms. The van der Waals surface area contributed by atoms with Crippen LogP contribution in [0.15, 0.2) is 24.3 Å². The van der Waals surface area contributed by atoms with Gasteiger partial charge in [-0.3, -0.25) is 4.79 Å². The summed E-state index contributed by atoms with van der Waals surface area (Å²) in [6.07, 6.45) is 2.24. The number of aryl methyl sites for hydroxylation is 1. The summed E-state index contributed by atoms with van der Waals surface area (Å²) in [7, 11) is 0. The second-order valence-electron chi connectivity index (χ2n) is 6.91. The third kappa shape index (κ3) is 3.49. The summed E-state index contributed by atoms with van der Waals surface area (Å²) >= 11 is 0. The van der Waals surface area contributed by atoms with E-state index in [4.69, 9.17) is 4.98 Å². The molecule has 1 aromatic carbocycles. The average Bonchev–Trinajstić information content (AvgIpc) is 2.82. The maximum atomic E-state index is 12.2. The van der Waals surface area contributed by atoms with E-state index < -0.39 is 5.41 Å². The van der Waals surface area contributed by atoms with E-state index in [-0.39, 0.29) is 11.9 Å². The number of hydrogen-bond acceptors (Lipinski definition) is 2. The van der Waals surface area contributed by atoms with Crippen molar-refractivity contribution in [3.05, 3.63) is 30.1 Å². The summed E-state index contributed by atoms with van der Waals surface area (Å²) in [6.45, 7) is 10.9. The molecule has 22 heavy (non-hydrogen) atoms. The van der Waals surface area contributed by atoms with E-state index in [9.17, 15) is 4.79 Å². The molecule has 0 unspecified atom stereocenters. The maximum absolute atomic E-state index is 12.2. The topological polar surface area (TPSA) is 46.9 Å². The minimum absolute atomic E-state index is 0.0501. The number of carbonyl (C=O) groups excluding carboxylic acids is 1. The van der Waals surface area contributed by atoms with Crippen molar-refractivity contribution in [3.63, 3.8) is 0 Å². The molecule has 1 atom stereocenters. The van der Waals surface area contributed by atoms with Gasteiger partial charge in [0.05, 0.1) is 17.1 Å². The highest BCUT2D eigenvalue weighted by molar-refractivity contribution is 5.82. The number of para-hydroxylation sites is 2. The summed E-state index contributed by atoms with van der Waals surface area (Å²) < 4.78 is 2.24. The lowest BCUT2D eigenvalue weighted by Gasteiger charge is -2.22. The number of fused-ring (bicyclic) bond motifs is 1. The van der Waals surface area contributed by atoms with E-state index in [1.54, 1.807) is 0 Å². The Kier molecular flexibility index (Phi) is 4.89. The van der Waals surface area contributed by atoms with Crippen LogP contribution in [0.4, 0.5) is 0 Å². The van der Waals surface area contributed by atoms with Crippen LogP contribution in [0.5, 0.6) is 0 Å². The van der Waals surface area contributed by atoms with Crippen molar-refractivity contribution >= 4 is 16.9 Å². The van der Waals surface area contributed by atoms with Gasteiger partial charge in [-0.15, -0.1) is 0 Å². The molecule has 0 aliphatic carbocycles. The number of benzene rings is 1. The Morgan fingerprint density at radius 1 is 1.32 bits per heavy atom. The SMILES string of the molecule is CCCCn1c([C@H](C)NC(=O)C(C)(C)C)nc2ccccc21. The standard InChI is InChI=1S/C18H27N3O/c1-6-7-12-21-15-11-9-8-10-14(15)20-16(21)13(2)19-17(22)18(3,4)5/h8-11,13H,6-7,12H2,1-5H3,(H,19,22)/t13-/m0/s1. The van der Waals surface area contributed by atoms with E-state index in [0.29, 0.717) is 0 Å². The van der Waals surface area contributed by atoms with Crippen molar-refractivity contribution in [2.75, 3.05) is 0 Å². The summed E-state index contributed by atoms with van der Waals surface area (Å²) in [4.78, 5) is 17.0. The van der Waals surface area contributed by atoms with Gasteiger partial charge < -0.3 is 9.88 Å². The molecule has 0 aliphatic heterocycles. The van der Waals surface area contributed by atoms with Gasteiger partial charge in [0.1, 0.15) is 5.82 Å². The van der Waals surface area contributed by atoms with Gasteiger partial charge in [-0.1, -0.05) is 46.2 Å². The first-order chi connectivity index (χ1) is 10.3. The molecule has 1 aromatic heterocycles. The van der Waals surface area contributed by atoms with Crippen LogP contribution < -0.4 is 5.32 Å². The molecule has 1 N–H and O–H groups in total. The molecule has 2 rings (SSSR count). The van der Waals surface area contributed by atoms with Gasteiger partial charge in [-0.25, -0.2) is 4.98 Å². The molecule has 4 nitrogen and oxygen atoms in total. The molecule has 0 saturated heterocycles. The quantitative estimate of drug-likeness (QED) is 0.905. The van der Waals surface area contributed by atoms with E-state index in [1.807, 2.05) is 45.9 Å². The Balaban J connectivity index is 2.34. The number of nitrogens with zero attached hydrogens (tertiary/aromatic N) is 2. The summed E-state index contributed by atoms with van der Waals surface area (Å²) in [5.74, 6) is 0.987. The number of carbonyl (C=O) groups is 1. The third-order valence-electron chi connectivity index (χ3n) is 3.84. The molecule has 0 saturated carbocycles. The number of amides is 1. The number of rotatable bonds is 5. The van der Waals surface area contributed by atoms with Gasteiger partial charge >= 0.3 is 0 Å². The Bertz CT molecular complexity index is 652. The van der Waals surface area contributed by atoms with Gasteiger partial charge in [-0.2, -0.15) is 0 Å². The monoisotopic (exact) mass is 301 g/mol. The minimum Gasteiger partial charge on any atom is -0.346 e. The summed E-state index contributed by atoms with van der Waals surface area (Å²) in [5.41, 5.74) is 1.74. The molecule has 1 heterocycles. The van der Waals surface area contributed by atoms with Crippen molar-refractivity contribution in [3.8, 4) is 0 Å². The van der Waals surface area contributed by atoms with E-state index in [0.717, 1.165) is 36.2 Å². The smallest absolute Gasteiger partial charge is 0.225 e. The molecular weight excluding hydrogens is 274 g/mol. The largest absolute Gasteiger partial charge is 0.346 e. The predicted molar refractivity (Wildman–Crippen MR) is 90.7 cm³/mol. The molecule has 4 heteroatoms. The van der Waals surface area contributed by atoms with E-state index in [1.165, 1.54) is 0 Å². The van der Waals surface area contributed by atoms with Crippen LogP contribution in [-0.4, -0.2) is 15.5 Å². The van der Waals surface area contributed by atoms with Crippen molar-refractivity contribution in [1.82, 2.24) is 14.9 Å². The number of hydrogen-bond donors (Lipinski definition) is 1. The highest BCUT2D eigenvalue weighted by atomic mass is 16.2. The Hall–Kier alpha value is -1.84. The first-order valence-corrected chi connectivity index (χ1v) is 8.10. The van der Waals surface area contributed by atoms with E-state index >= 15 is 0 Å². The Morgan fingerprint density at radius 3 is 2.64 bits per heavy atom. The van der Waals surface area contributed by atoms with Crippen molar-refractivity contribution in [1.29, 1.82) is 0 Å². The zero-order valence-electron chi connectivity index (χ0n) is 14.3. The lowest BCUT2D eigenvalue weighted by Crippen LogP contribution is -2.37. The van der Waals surface area contributed by atoms with Gasteiger partial charge in [0, 0.05) is 12.0 Å². The van der Waals surface area contributed by atoms with Crippen molar-refractivity contribution < 1.29 is 4.79 Å². The number of nitrogens with one attached hydrogen (secondary N) is 1. The van der Waals surface area contributed by atoms with Crippen LogP contribution >= 0.6 is 0 Å². The molecule has 0 fully saturated rings. The van der Waals surface area contributed by atoms with Crippen LogP contribution in [0.1, 0.15) is 59.3 Å². The highest BCUT2D eigenvalue weighted by Gasteiger charge is 2.25. The number of unbranched alkanes of at least 4 members (excludes halogenated alkanes) is 1. The van der Waals surface area contributed by atoms with Crippen molar-refractivity contribution in [2.24, 2.45) is 5.41 Å².